The van der Waals surface area contributed by atoms with Crippen LogP contribution in [0.4, 0.5) is 17.1 Å². The van der Waals surface area contributed by atoms with Gasteiger partial charge in [0.25, 0.3) is 11.5 Å². The molecule has 3 aromatic carbocycles. The molecule has 0 radical (unpaired) electrons. The first-order valence-electron chi connectivity index (χ1n) is 14.2. The summed E-state index contributed by atoms with van der Waals surface area (Å²) < 4.78 is 7.10. The van der Waals surface area contributed by atoms with Crippen LogP contribution in [0.25, 0.3) is 6.08 Å². The van der Waals surface area contributed by atoms with Crippen molar-refractivity contribution in [2.45, 2.75) is 18.9 Å². The van der Waals surface area contributed by atoms with Crippen LogP contribution in [0.15, 0.2) is 95.8 Å². The normalized spacial score (nSPS) is 17.3. The molecule has 2 amide bonds. The number of aromatic nitrogens is 1. The number of fused-ring (bicyclic) bond motifs is 4. The fraction of sp³-hybridized carbons (Fsp3) is 0.206. The fourth-order valence-electron chi connectivity index (χ4n) is 6.00. The maximum Gasteiger partial charge on any atom is 0.255 e. The van der Waals surface area contributed by atoms with Gasteiger partial charge in [-0.05, 0) is 66.4 Å². The van der Waals surface area contributed by atoms with Crippen LogP contribution in [0.5, 0.6) is 5.75 Å². The van der Waals surface area contributed by atoms with E-state index in [1.807, 2.05) is 53.1 Å². The van der Waals surface area contributed by atoms with Gasteiger partial charge in [0.15, 0.2) is 0 Å². The minimum absolute atomic E-state index is 0.0346. The van der Waals surface area contributed by atoms with Crippen molar-refractivity contribution >= 4 is 46.6 Å². The van der Waals surface area contributed by atoms with Crippen molar-refractivity contribution in [3.8, 4) is 5.75 Å². The smallest absolute Gasteiger partial charge is 0.255 e. The number of rotatable bonds is 7. The quantitative estimate of drug-likeness (QED) is 0.255. The third kappa shape index (κ3) is 6.20. The van der Waals surface area contributed by atoms with Crippen molar-refractivity contribution in [2.75, 3.05) is 35.7 Å². The summed E-state index contributed by atoms with van der Waals surface area (Å²) in [6.07, 6.45) is 4.24. The molecule has 3 heterocycles. The van der Waals surface area contributed by atoms with Gasteiger partial charge in [0.1, 0.15) is 5.75 Å². The molecule has 0 aliphatic carbocycles. The molecule has 43 heavy (non-hydrogen) atoms. The van der Waals surface area contributed by atoms with E-state index in [2.05, 4.69) is 15.5 Å². The number of nitrogens with zero attached hydrogens (tertiary/aromatic N) is 2. The summed E-state index contributed by atoms with van der Waals surface area (Å²) in [6, 6.07) is 25.4. The van der Waals surface area contributed by atoms with Crippen LogP contribution < -0.4 is 25.8 Å². The van der Waals surface area contributed by atoms with Crippen LogP contribution in [0.2, 0.25) is 5.02 Å². The van der Waals surface area contributed by atoms with Crippen LogP contribution in [-0.4, -0.2) is 36.6 Å². The van der Waals surface area contributed by atoms with E-state index < -0.39 is 0 Å². The van der Waals surface area contributed by atoms with Crippen LogP contribution in [-0.2, 0) is 11.3 Å². The third-order valence-corrected chi connectivity index (χ3v) is 8.27. The zero-order chi connectivity index (χ0) is 29.9. The first kappa shape index (κ1) is 28.3. The number of amides is 2. The van der Waals surface area contributed by atoms with Gasteiger partial charge in [0, 0.05) is 54.6 Å². The SMILES string of the molecule is COc1ccc(NC(=O)c2ccc(N3CC4CC(C3)c3cccc(=O)n3C4)c(NC(=O)/C=C/c3ccccc3)c2)cc1Cl. The van der Waals surface area contributed by atoms with Crippen LogP contribution in [0.1, 0.15) is 34.0 Å². The maximum atomic E-state index is 13.3. The van der Waals surface area contributed by atoms with E-state index in [9.17, 15) is 14.4 Å². The number of piperidine rings is 1. The molecule has 2 aliphatic heterocycles. The van der Waals surface area contributed by atoms with Gasteiger partial charge in [-0.3, -0.25) is 14.4 Å². The predicted octanol–water partition coefficient (Wildman–Crippen LogP) is 6.04. The van der Waals surface area contributed by atoms with Gasteiger partial charge in [0.05, 0.1) is 23.5 Å². The van der Waals surface area contributed by atoms with E-state index in [0.717, 1.165) is 29.9 Å². The summed E-state index contributed by atoms with van der Waals surface area (Å²) >= 11 is 6.25. The molecule has 4 aromatic rings. The lowest BCUT2D eigenvalue weighted by Gasteiger charge is -2.44. The molecule has 218 valence electrons. The maximum absolute atomic E-state index is 13.3. The topological polar surface area (TPSA) is 92.7 Å². The van der Waals surface area contributed by atoms with Crippen LogP contribution >= 0.6 is 11.6 Å². The molecule has 2 atom stereocenters. The average Bonchev–Trinajstić information content (AvgIpc) is 3.01. The number of anilines is 3. The lowest BCUT2D eigenvalue weighted by molar-refractivity contribution is -0.111. The Labute approximate surface area is 254 Å². The Bertz CT molecular complexity index is 1770. The minimum atomic E-state index is -0.341. The monoisotopic (exact) mass is 594 g/mol. The summed E-state index contributed by atoms with van der Waals surface area (Å²) in [4.78, 5) is 41.2. The van der Waals surface area contributed by atoms with Crippen molar-refractivity contribution in [3.05, 3.63) is 123 Å². The largest absolute Gasteiger partial charge is 0.495 e. The minimum Gasteiger partial charge on any atom is -0.495 e. The average molecular weight is 595 g/mol. The van der Waals surface area contributed by atoms with Crippen molar-refractivity contribution in [1.82, 2.24) is 4.57 Å². The highest BCUT2D eigenvalue weighted by molar-refractivity contribution is 6.32. The molecule has 2 N–H and O–H groups in total. The molecule has 8 nitrogen and oxygen atoms in total. The second kappa shape index (κ2) is 12.2. The van der Waals surface area contributed by atoms with E-state index in [1.165, 1.54) is 13.2 Å². The van der Waals surface area contributed by atoms with E-state index in [1.54, 1.807) is 42.5 Å². The lowest BCUT2D eigenvalue weighted by atomic mass is 9.83. The Hall–Kier alpha value is -4.82. The number of benzene rings is 3. The second-order valence-electron chi connectivity index (χ2n) is 10.9. The molecule has 1 saturated heterocycles. The van der Waals surface area contributed by atoms with Crippen LogP contribution in [0, 0.1) is 5.92 Å². The van der Waals surface area contributed by atoms with E-state index in [4.69, 9.17) is 16.3 Å². The Kier molecular flexibility index (Phi) is 8.03. The Morgan fingerprint density at radius 2 is 1.77 bits per heavy atom. The van der Waals surface area contributed by atoms with E-state index in [-0.39, 0.29) is 29.2 Å². The molecule has 0 saturated carbocycles. The molecule has 0 spiro atoms. The Morgan fingerprint density at radius 1 is 0.930 bits per heavy atom. The zero-order valence-electron chi connectivity index (χ0n) is 23.6. The summed E-state index contributed by atoms with van der Waals surface area (Å²) in [5, 5.41) is 6.27. The van der Waals surface area contributed by atoms with Crippen LogP contribution in [0.3, 0.4) is 0 Å². The van der Waals surface area contributed by atoms with Crippen molar-refractivity contribution in [3.63, 3.8) is 0 Å². The Balaban J connectivity index is 1.29. The highest BCUT2D eigenvalue weighted by atomic mass is 35.5. The van der Waals surface area contributed by atoms with Gasteiger partial charge >= 0.3 is 0 Å². The number of methoxy groups -OCH3 is 1. The van der Waals surface area contributed by atoms with E-state index >= 15 is 0 Å². The number of ether oxygens (including phenoxy) is 1. The molecule has 1 aromatic heterocycles. The van der Waals surface area contributed by atoms with E-state index in [0.29, 0.717) is 40.8 Å². The Morgan fingerprint density at radius 3 is 2.56 bits per heavy atom. The number of carbonyl (C=O) groups excluding carboxylic acids is 2. The van der Waals surface area contributed by atoms with Gasteiger partial charge in [-0.25, -0.2) is 0 Å². The molecule has 9 heteroatoms. The van der Waals surface area contributed by atoms with Crippen molar-refractivity contribution in [2.24, 2.45) is 5.92 Å². The number of carbonyl (C=O) groups is 2. The first-order valence-corrected chi connectivity index (χ1v) is 14.5. The molecule has 1 fully saturated rings. The van der Waals surface area contributed by atoms with Gasteiger partial charge < -0.3 is 24.8 Å². The highest BCUT2D eigenvalue weighted by Gasteiger charge is 2.35. The zero-order valence-corrected chi connectivity index (χ0v) is 24.4. The summed E-state index contributed by atoms with van der Waals surface area (Å²) in [7, 11) is 1.53. The highest BCUT2D eigenvalue weighted by Crippen LogP contribution is 2.39. The number of pyridine rings is 1. The number of hydrogen-bond donors (Lipinski definition) is 2. The molecular weight excluding hydrogens is 564 g/mol. The van der Waals surface area contributed by atoms with Crippen molar-refractivity contribution in [1.29, 1.82) is 0 Å². The number of halogens is 1. The van der Waals surface area contributed by atoms with Gasteiger partial charge in [-0.1, -0.05) is 48.0 Å². The predicted molar refractivity (Wildman–Crippen MR) is 170 cm³/mol. The molecular formula is C34H31ClN4O4. The lowest BCUT2D eigenvalue weighted by Crippen LogP contribution is -2.47. The molecule has 2 unspecified atom stereocenters. The third-order valence-electron chi connectivity index (χ3n) is 7.97. The summed E-state index contributed by atoms with van der Waals surface area (Å²) in [5.41, 5.74) is 4.25. The molecule has 2 bridgehead atoms. The molecule has 6 rings (SSSR count). The summed E-state index contributed by atoms with van der Waals surface area (Å²) in [6.45, 7) is 2.09. The molecule has 2 aliphatic rings. The first-order chi connectivity index (χ1) is 20.9. The summed E-state index contributed by atoms with van der Waals surface area (Å²) in [5.74, 6) is 0.336. The standard InChI is InChI=1S/C34H31ClN4O4/c1-43-31-14-12-26(18-27(31)35)36-34(42)24-11-13-30(28(17-24)37-32(40)15-10-22-6-3-2-4-7-22)38-19-23-16-25(21-38)29-8-5-9-33(41)39(29)20-23/h2-15,17-18,23,25H,16,19-21H2,1H3,(H,36,42)(H,37,40)/b15-10+. The van der Waals surface area contributed by atoms with Gasteiger partial charge in [0.2, 0.25) is 5.91 Å². The van der Waals surface area contributed by atoms with Gasteiger partial charge in [-0.2, -0.15) is 0 Å². The fourth-order valence-corrected chi connectivity index (χ4v) is 6.26. The van der Waals surface area contributed by atoms with Crippen molar-refractivity contribution < 1.29 is 14.3 Å². The second-order valence-corrected chi connectivity index (χ2v) is 11.3. The number of hydrogen-bond acceptors (Lipinski definition) is 5. The number of nitrogens with one attached hydrogen (secondary N) is 2. The van der Waals surface area contributed by atoms with Gasteiger partial charge in [-0.15, -0.1) is 0 Å².